The van der Waals surface area contributed by atoms with Crippen molar-refractivity contribution in [2.45, 2.75) is 26.7 Å². The van der Waals surface area contributed by atoms with Gasteiger partial charge in [-0.3, -0.25) is 4.79 Å². The van der Waals surface area contributed by atoms with Gasteiger partial charge in [0, 0.05) is 0 Å². The number of methoxy groups -OCH3 is 1. The first kappa shape index (κ1) is 18.5. The highest BCUT2D eigenvalue weighted by molar-refractivity contribution is 5.93. The van der Waals surface area contributed by atoms with Gasteiger partial charge in [-0.2, -0.15) is 0 Å². The number of anilines is 1. The minimum Gasteiger partial charge on any atom is -0.495 e. The summed E-state index contributed by atoms with van der Waals surface area (Å²) in [5.41, 5.74) is 3.83. The van der Waals surface area contributed by atoms with Crippen LogP contribution in [0.3, 0.4) is 0 Å². The molecule has 0 aliphatic heterocycles. The molecule has 1 N–H and O–H groups in total. The summed E-state index contributed by atoms with van der Waals surface area (Å²) in [7, 11) is 1.56. The molecule has 0 saturated carbocycles. The third kappa shape index (κ3) is 5.64. The maximum atomic E-state index is 12.0. The molecule has 0 aliphatic carbocycles. The molecular formula is C20H24N2O3. The van der Waals surface area contributed by atoms with Crippen molar-refractivity contribution in [1.29, 1.82) is 0 Å². The van der Waals surface area contributed by atoms with Crippen molar-refractivity contribution in [2.24, 2.45) is 5.16 Å². The summed E-state index contributed by atoms with van der Waals surface area (Å²) in [6, 6.07) is 13.6. The van der Waals surface area contributed by atoms with Crippen molar-refractivity contribution >= 4 is 17.8 Å². The summed E-state index contributed by atoms with van der Waals surface area (Å²) < 4.78 is 5.23. The van der Waals surface area contributed by atoms with Crippen LogP contribution < -0.4 is 10.1 Å². The first-order valence-electron chi connectivity index (χ1n) is 8.19. The van der Waals surface area contributed by atoms with Gasteiger partial charge in [-0.15, -0.1) is 0 Å². The van der Waals surface area contributed by atoms with E-state index in [9.17, 15) is 4.79 Å². The Labute approximate surface area is 148 Å². The molecule has 0 unspecified atom stereocenters. The first-order valence-corrected chi connectivity index (χ1v) is 8.19. The van der Waals surface area contributed by atoms with E-state index in [1.807, 2.05) is 37.3 Å². The van der Waals surface area contributed by atoms with Crippen molar-refractivity contribution in [2.75, 3.05) is 19.0 Å². The summed E-state index contributed by atoms with van der Waals surface area (Å²) in [4.78, 5) is 17.0. The third-order valence-corrected chi connectivity index (χ3v) is 3.70. The van der Waals surface area contributed by atoms with E-state index in [1.165, 1.54) is 5.56 Å². The van der Waals surface area contributed by atoms with Crippen LogP contribution in [0.25, 0.3) is 0 Å². The lowest BCUT2D eigenvalue weighted by Crippen LogP contribution is -2.17. The molecule has 2 aromatic carbocycles. The third-order valence-electron chi connectivity index (χ3n) is 3.70. The van der Waals surface area contributed by atoms with Gasteiger partial charge >= 0.3 is 0 Å². The molecule has 25 heavy (non-hydrogen) atoms. The van der Waals surface area contributed by atoms with Crippen molar-refractivity contribution in [3.05, 3.63) is 59.2 Å². The van der Waals surface area contributed by atoms with E-state index >= 15 is 0 Å². The normalized spacial score (nSPS) is 10.9. The van der Waals surface area contributed by atoms with Crippen LogP contribution in [0.15, 0.2) is 47.6 Å². The Balaban J connectivity index is 1.85. The number of nitrogens with zero attached hydrogens (tertiary/aromatic N) is 1. The Morgan fingerprint density at radius 3 is 2.56 bits per heavy atom. The van der Waals surface area contributed by atoms with Gasteiger partial charge in [0.2, 0.25) is 0 Å². The van der Waals surface area contributed by atoms with Gasteiger partial charge in [0.25, 0.3) is 5.91 Å². The van der Waals surface area contributed by atoms with Crippen LogP contribution in [0.4, 0.5) is 5.69 Å². The number of amides is 1. The molecule has 0 heterocycles. The van der Waals surface area contributed by atoms with Crippen LogP contribution in [0.5, 0.6) is 5.75 Å². The molecule has 0 fully saturated rings. The highest BCUT2D eigenvalue weighted by Crippen LogP contribution is 2.25. The van der Waals surface area contributed by atoms with Gasteiger partial charge in [-0.1, -0.05) is 49.3 Å². The van der Waals surface area contributed by atoms with Crippen molar-refractivity contribution in [1.82, 2.24) is 0 Å². The largest absolute Gasteiger partial charge is 0.495 e. The molecule has 0 atom stereocenters. The fourth-order valence-corrected chi connectivity index (χ4v) is 2.27. The topological polar surface area (TPSA) is 59.9 Å². The van der Waals surface area contributed by atoms with E-state index in [0.717, 1.165) is 11.1 Å². The number of aryl methyl sites for hydroxylation is 1. The number of ether oxygens (including phenoxy) is 1. The lowest BCUT2D eigenvalue weighted by atomic mass is 10.0. The minimum atomic E-state index is -0.295. The van der Waals surface area contributed by atoms with Crippen molar-refractivity contribution in [3.8, 4) is 5.75 Å². The molecule has 0 bridgehead atoms. The Morgan fingerprint density at radius 1 is 1.20 bits per heavy atom. The molecule has 0 aliphatic rings. The van der Waals surface area contributed by atoms with E-state index in [2.05, 4.69) is 36.5 Å². The summed E-state index contributed by atoms with van der Waals surface area (Å²) in [6.07, 6.45) is 1.59. The van der Waals surface area contributed by atoms with Crippen LogP contribution in [-0.4, -0.2) is 25.8 Å². The van der Waals surface area contributed by atoms with Gasteiger partial charge in [-0.25, -0.2) is 0 Å². The van der Waals surface area contributed by atoms with E-state index in [-0.39, 0.29) is 12.5 Å². The summed E-state index contributed by atoms with van der Waals surface area (Å²) in [6.45, 7) is 6.07. The fourth-order valence-electron chi connectivity index (χ4n) is 2.27. The van der Waals surface area contributed by atoms with Gasteiger partial charge in [0.15, 0.2) is 6.61 Å². The van der Waals surface area contributed by atoms with Gasteiger partial charge in [-0.05, 0) is 41.7 Å². The van der Waals surface area contributed by atoms with Crippen LogP contribution in [0, 0.1) is 6.92 Å². The minimum absolute atomic E-state index is 0.169. The number of carbonyl (C=O) groups excluding carboxylic acids is 1. The van der Waals surface area contributed by atoms with Crippen LogP contribution >= 0.6 is 0 Å². The number of oxime groups is 1. The standard InChI is InChI=1S/C20H24N2O3/c1-14(2)17-8-6-16(7-9-17)12-21-25-13-20(23)22-18-11-15(3)5-10-19(18)24-4/h5-12,14H,13H2,1-4H3,(H,22,23)/b21-12-. The molecule has 0 saturated heterocycles. The number of benzene rings is 2. The quantitative estimate of drug-likeness (QED) is 0.609. The van der Waals surface area contributed by atoms with Crippen LogP contribution in [-0.2, 0) is 9.63 Å². The molecule has 132 valence electrons. The summed E-state index contributed by atoms with van der Waals surface area (Å²) >= 11 is 0. The highest BCUT2D eigenvalue weighted by atomic mass is 16.6. The van der Waals surface area contributed by atoms with Gasteiger partial charge in [0.1, 0.15) is 5.75 Å². The summed E-state index contributed by atoms with van der Waals surface area (Å²) in [5.74, 6) is 0.799. The van der Waals surface area contributed by atoms with Crippen molar-refractivity contribution in [3.63, 3.8) is 0 Å². The van der Waals surface area contributed by atoms with Crippen LogP contribution in [0.2, 0.25) is 0 Å². The Bertz CT molecular complexity index is 737. The van der Waals surface area contributed by atoms with Crippen molar-refractivity contribution < 1.29 is 14.4 Å². The van der Waals surface area contributed by atoms with E-state index in [4.69, 9.17) is 9.57 Å². The number of hydrogen-bond donors (Lipinski definition) is 1. The monoisotopic (exact) mass is 340 g/mol. The second kappa shape index (κ2) is 8.87. The molecular weight excluding hydrogens is 316 g/mol. The number of carbonyl (C=O) groups is 1. The van der Waals surface area contributed by atoms with Gasteiger partial charge < -0.3 is 14.9 Å². The zero-order valence-electron chi connectivity index (χ0n) is 15.1. The molecule has 5 nitrogen and oxygen atoms in total. The van der Waals surface area contributed by atoms with E-state index < -0.39 is 0 Å². The van der Waals surface area contributed by atoms with E-state index in [0.29, 0.717) is 17.4 Å². The molecule has 2 rings (SSSR count). The molecule has 0 aromatic heterocycles. The molecule has 5 heteroatoms. The lowest BCUT2D eigenvalue weighted by Gasteiger charge is -2.10. The summed E-state index contributed by atoms with van der Waals surface area (Å²) in [5, 5.41) is 6.60. The average molecular weight is 340 g/mol. The number of hydrogen-bond acceptors (Lipinski definition) is 4. The smallest absolute Gasteiger partial charge is 0.265 e. The van der Waals surface area contributed by atoms with Gasteiger partial charge in [0.05, 0.1) is 19.0 Å². The zero-order valence-corrected chi connectivity index (χ0v) is 15.1. The average Bonchev–Trinajstić information content (AvgIpc) is 2.59. The predicted octanol–water partition coefficient (Wildman–Crippen LogP) is 4.12. The highest BCUT2D eigenvalue weighted by Gasteiger charge is 2.08. The second-order valence-corrected chi connectivity index (χ2v) is 6.08. The Morgan fingerprint density at radius 2 is 1.92 bits per heavy atom. The first-order chi connectivity index (χ1) is 12.0. The molecule has 0 radical (unpaired) electrons. The number of rotatable bonds is 7. The fraction of sp³-hybridized carbons (Fsp3) is 0.300. The van der Waals surface area contributed by atoms with Crippen LogP contribution in [0.1, 0.15) is 36.5 Å². The molecule has 2 aromatic rings. The lowest BCUT2D eigenvalue weighted by molar-refractivity contribution is -0.120. The maximum Gasteiger partial charge on any atom is 0.265 e. The number of nitrogens with one attached hydrogen (secondary N) is 1. The SMILES string of the molecule is COc1ccc(C)cc1NC(=O)CO/N=C\c1ccc(C(C)C)cc1. The maximum absolute atomic E-state index is 12.0. The predicted molar refractivity (Wildman–Crippen MR) is 100 cm³/mol. The molecule has 0 spiro atoms. The molecule has 1 amide bonds. The van der Waals surface area contributed by atoms with E-state index in [1.54, 1.807) is 13.3 Å². The Hall–Kier alpha value is -2.82. The zero-order chi connectivity index (χ0) is 18.2. The second-order valence-electron chi connectivity index (χ2n) is 6.08. The Kier molecular flexibility index (Phi) is 6.57.